The highest BCUT2D eigenvalue weighted by atomic mass is 35.5. The average molecular weight is 355 g/mol. The van der Waals surface area contributed by atoms with E-state index in [1.54, 1.807) is 0 Å². The monoisotopic (exact) mass is 354 g/mol. The van der Waals surface area contributed by atoms with Crippen LogP contribution >= 0.6 is 11.6 Å². The lowest BCUT2D eigenvalue weighted by Gasteiger charge is -2.42. The molecular weight excluding hydrogens is 335 g/mol. The molecule has 1 aromatic carbocycles. The SMILES string of the molecule is O=C(O)CN(CC1CC1)C1CC(NC(=O)c2ccc(Cl)cc2F)C1. The van der Waals surface area contributed by atoms with Gasteiger partial charge in [-0.15, -0.1) is 0 Å². The van der Waals surface area contributed by atoms with Crippen LogP contribution in [0, 0.1) is 11.7 Å². The molecule has 2 fully saturated rings. The third kappa shape index (κ3) is 4.24. The minimum absolute atomic E-state index is 0.0248. The molecule has 1 aromatic rings. The number of halogens is 2. The lowest BCUT2D eigenvalue weighted by Crippen LogP contribution is -2.55. The molecule has 0 bridgehead atoms. The van der Waals surface area contributed by atoms with Crippen LogP contribution in [0.15, 0.2) is 18.2 Å². The summed E-state index contributed by atoms with van der Waals surface area (Å²) in [5, 5.41) is 12.1. The molecule has 1 amide bonds. The highest BCUT2D eigenvalue weighted by Crippen LogP contribution is 2.33. The first-order chi connectivity index (χ1) is 11.4. The highest BCUT2D eigenvalue weighted by molar-refractivity contribution is 6.30. The fourth-order valence-electron chi connectivity index (χ4n) is 3.09. The molecule has 0 unspecified atom stereocenters. The Hall–Kier alpha value is -1.66. The standard InChI is InChI=1S/C17H20ClFN2O3/c18-11-3-4-14(15(19)5-11)17(24)20-12-6-13(7-12)21(9-16(22)23)8-10-1-2-10/h3-5,10,12-13H,1-2,6-9H2,(H,20,24)(H,22,23). The molecule has 2 N–H and O–H groups in total. The first-order valence-electron chi connectivity index (χ1n) is 8.14. The number of hydrogen-bond acceptors (Lipinski definition) is 3. The lowest BCUT2D eigenvalue weighted by molar-refractivity contribution is -0.139. The summed E-state index contributed by atoms with van der Waals surface area (Å²) >= 11 is 5.68. The van der Waals surface area contributed by atoms with Crippen molar-refractivity contribution >= 4 is 23.5 Å². The van der Waals surface area contributed by atoms with Crippen molar-refractivity contribution in [1.29, 1.82) is 0 Å². The normalized spacial score (nSPS) is 23.0. The van der Waals surface area contributed by atoms with Gasteiger partial charge in [-0.3, -0.25) is 14.5 Å². The van der Waals surface area contributed by atoms with Gasteiger partial charge in [-0.1, -0.05) is 11.6 Å². The molecule has 130 valence electrons. The quantitative estimate of drug-likeness (QED) is 0.789. The second-order valence-corrected chi connectivity index (χ2v) is 7.12. The van der Waals surface area contributed by atoms with Crippen LogP contribution in [-0.4, -0.2) is 47.1 Å². The molecule has 2 aliphatic rings. The van der Waals surface area contributed by atoms with Crippen molar-refractivity contribution in [3.8, 4) is 0 Å². The van der Waals surface area contributed by atoms with E-state index in [4.69, 9.17) is 16.7 Å². The van der Waals surface area contributed by atoms with Crippen LogP contribution in [0.2, 0.25) is 5.02 Å². The maximum Gasteiger partial charge on any atom is 0.317 e. The van der Waals surface area contributed by atoms with E-state index in [0.29, 0.717) is 18.8 Å². The number of carbonyl (C=O) groups is 2. The average Bonchev–Trinajstić information content (AvgIpc) is 3.24. The molecule has 24 heavy (non-hydrogen) atoms. The number of aliphatic carboxylic acids is 1. The Morgan fingerprint density at radius 3 is 2.62 bits per heavy atom. The zero-order chi connectivity index (χ0) is 17.3. The minimum atomic E-state index is -0.827. The summed E-state index contributed by atoms with van der Waals surface area (Å²) in [6.07, 6.45) is 3.72. The molecule has 0 saturated heterocycles. The summed E-state index contributed by atoms with van der Waals surface area (Å²) in [5.41, 5.74) is -0.0248. The number of carboxylic acids is 1. The molecule has 0 heterocycles. The summed E-state index contributed by atoms with van der Waals surface area (Å²) in [7, 11) is 0. The van der Waals surface area contributed by atoms with E-state index >= 15 is 0 Å². The summed E-state index contributed by atoms with van der Waals surface area (Å²) in [6, 6.07) is 4.08. The van der Waals surface area contributed by atoms with Gasteiger partial charge in [0.2, 0.25) is 0 Å². The number of carboxylic acid groups (broad SMARTS) is 1. The van der Waals surface area contributed by atoms with Crippen molar-refractivity contribution in [2.75, 3.05) is 13.1 Å². The molecule has 0 atom stereocenters. The largest absolute Gasteiger partial charge is 0.480 e. The van der Waals surface area contributed by atoms with Crippen molar-refractivity contribution in [1.82, 2.24) is 10.2 Å². The molecule has 2 aliphatic carbocycles. The van der Waals surface area contributed by atoms with Crippen molar-refractivity contribution in [2.45, 2.75) is 37.8 Å². The number of nitrogens with one attached hydrogen (secondary N) is 1. The second-order valence-electron chi connectivity index (χ2n) is 6.69. The Kier molecular flexibility index (Phi) is 5.06. The van der Waals surface area contributed by atoms with Crippen molar-refractivity contribution < 1.29 is 19.1 Å². The fraction of sp³-hybridized carbons (Fsp3) is 0.529. The van der Waals surface area contributed by atoms with Crippen LogP contribution in [0.25, 0.3) is 0 Å². The molecule has 0 spiro atoms. The van der Waals surface area contributed by atoms with Crippen LogP contribution in [0.4, 0.5) is 4.39 Å². The van der Waals surface area contributed by atoms with Crippen LogP contribution in [0.3, 0.4) is 0 Å². The summed E-state index contributed by atoms with van der Waals surface area (Å²) < 4.78 is 13.8. The predicted octanol–water partition coefficient (Wildman–Crippen LogP) is 2.54. The number of benzene rings is 1. The van der Waals surface area contributed by atoms with Crippen molar-refractivity contribution in [3.63, 3.8) is 0 Å². The topological polar surface area (TPSA) is 69.6 Å². The van der Waals surface area contributed by atoms with Gasteiger partial charge in [0.1, 0.15) is 5.82 Å². The van der Waals surface area contributed by atoms with Gasteiger partial charge in [-0.25, -0.2) is 4.39 Å². The Bertz CT molecular complexity index is 645. The van der Waals surface area contributed by atoms with E-state index in [1.807, 2.05) is 4.90 Å². The molecule has 0 radical (unpaired) electrons. The molecule has 5 nitrogen and oxygen atoms in total. The number of nitrogens with zero attached hydrogens (tertiary/aromatic N) is 1. The van der Waals surface area contributed by atoms with E-state index in [-0.39, 0.29) is 29.2 Å². The second kappa shape index (κ2) is 7.07. The molecule has 7 heteroatoms. The first-order valence-corrected chi connectivity index (χ1v) is 8.52. The van der Waals surface area contributed by atoms with Gasteiger partial charge in [0.05, 0.1) is 12.1 Å². The zero-order valence-electron chi connectivity index (χ0n) is 13.2. The Balaban J connectivity index is 1.51. The van der Waals surface area contributed by atoms with Gasteiger partial charge in [0, 0.05) is 23.7 Å². The van der Waals surface area contributed by atoms with Crippen LogP contribution in [0.5, 0.6) is 0 Å². The number of rotatable bonds is 7. The smallest absolute Gasteiger partial charge is 0.317 e. The van der Waals surface area contributed by atoms with Crippen LogP contribution < -0.4 is 5.32 Å². The summed E-state index contributed by atoms with van der Waals surface area (Å²) in [5.74, 6) is -1.32. The van der Waals surface area contributed by atoms with Crippen molar-refractivity contribution in [2.24, 2.45) is 5.92 Å². The van der Waals surface area contributed by atoms with Crippen molar-refractivity contribution in [3.05, 3.63) is 34.6 Å². The Morgan fingerprint density at radius 1 is 1.33 bits per heavy atom. The van der Waals surface area contributed by atoms with Gasteiger partial charge in [-0.2, -0.15) is 0 Å². The number of amides is 1. The lowest BCUT2D eigenvalue weighted by atomic mass is 9.85. The maximum atomic E-state index is 13.8. The molecule has 2 saturated carbocycles. The Morgan fingerprint density at radius 2 is 2.04 bits per heavy atom. The van der Waals surface area contributed by atoms with E-state index in [0.717, 1.165) is 12.6 Å². The van der Waals surface area contributed by atoms with Crippen LogP contribution in [0.1, 0.15) is 36.0 Å². The van der Waals surface area contributed by atoms with Gasteiger partial charge < -0.3 is 10.4 Å². The van der Waals surface area contributed by atoms with Gasteiger partial charge in [0.15, 0.2) is 0 Å². The maximum absolute atomic E-state index is 13.8. The van der Waals surface area contributed by atoms with E-state index in [2.05, 4.69) is 5.32 Å². The van der Waals surface area contributed by atoms with Gasteiger partial charge in [0.25, 0.3) is 5.91 Å². The van der Waals surface area contributed by atoms with Gasteiger partial charge in [-0.05, 0) is 49.8 Å². The fourth-order valence-corrected chi connectivity index (χ4v) is 3.25. The Labute approximate surface area is 144 Å². The number of hydrogen-bond donors (Lipinski definition) is 2. The molecule has 0 aromatic heterocycles. The predicted molar refractivity (Wildman–Crippen MR) is 87.6 cm³/mol. The summed E-state index contributed by atoms with van der Waals surface area (Å²) in [4.78, 5) is 25.1. The zero-order valence-corrected chi connectivity index (χ0v) is 13.9. The minimum Gasteiger partial charge on any atom is -0.480 e. The molecule has 3 rings (SSSR count). The van der Waals surface area contributed by atoms with Crippen LogP contribution in [-0.2, 0) is 4.79 Å². The first kappa shape index (κ1) is 17.2. The number of carbonyl (C=O) groups excluding carboxylic acids is 1. The molecular formula is C17H20ClFN2O3. The summed E-state index contributed by atoms with van der Waals surface area (Å²) in [6.45, 7) is 0.844. The third-order valence-electron chi connectivity index (χ3n) is 4.67. The van der Waals surface area contributed by atoms with E-state index in [9.17, 15) is 14.0 Å². The van der Waals surface area contributed by atoms with E-state index < -0.39 is 17.7 Å². The van der Waals surface area contributed by atoms with E-state index in [1.165, 1.54) is 25.0 Å². The van der Waals surface area contributed by atoms with Gasteiger partial charge >= 0.3 is 5.97 Å². The molecule has 0 aliphatic heterocycles. The third-order valence-corrected chi connectivity index (χ3v) is 4.90. The highest BCUT2D eigenvalue weighted by Gasteiger charge is 2.37.